The van der Waals surface area contributed by atoms with E-state index in [0.29, 0.717) is 11.9 Å². The maximum absolute atomic E-state index is 13.3. The lowest BCUT2D eigenvalue weighted by Crippen LogP contribution is -2.54. The molecule has 3 aliphatic rings. The summed E-state index contributed by atoms with van der Waals surface area (Å²) < 4.78 is 5.47. The first-order chi connectivity index (χ1) is 11.7. The van der Waals surface area contributed by atoms with Crippen LogP contribution in [-0.4, -0.2) is 59.7 Å². The number of rotatable bonds is 2. The van der Waals surface area contributed by atoms with Crippen LogP contribution in [0.2, 0.25) is 0 Å². The molecule has 6 nitrogen and oxygen atoms in total. The predicted octanol–water partition coefficient (Wildman–Crippen LogP) is 1.78. The Bertz CT molecular complexity index is 617. The Balaban J connectivity index is 1.52. The van der Waals surface area contributed by atoms with Gasteiger partial charge in [-0.05, 0) is 39.0 Å². The van der Waals surface area contributed by atoms with Crippen molar-refractivity contribution in [3.63, 3.8) is 0 Å². The molecule has 1 amide bonds. The molecule has 0 N–H and O–H groups in total. The lowest BCUT2D eigenvalue weighted by atomic mass is 9.77. The largest absolute Gasteiger partial charge is 0.381 e. The number of likely N-dealkylation sites (tertiary alicyclic amines) is 1. The van der Waals surface area contributed by atoms with Crippen LogP contribution in [-0.2, 0) is 9.53 Å². The molecule has 6 heteroatoms. The molecule has 0 saturated carbocycles. The third-order valence-corrected chi connectivity index (χ3v) is 5.91. The van der Waals surface area contributed by atoms with Crippen molar-refractivity contribution >= 4 is 11.7 Å². The minimum absolute atomic E-state index is 0.222. The first kappa shape index (κ1) is 15.8. The van der Waals surface area contributed by atoms with E-state index in [9.17, 15) is 4.79 Å². The Labute approximate surface area is 143 Å². The van der Waals surface area contributed by atoms with E-state index in [1.807, 2.05) is 6.92 Å². The second-order valence-corrected chi connectivity index (χ2v) is 7.36. The van der Waals surface area contributed by atoms with Gasteiger partial charge in [0.1, 0.15) is 5.82 Å². The molecular weight excluding hydrogens is 304 g/mol. The van der Waals surface area contributed by atoms with E-state index < -0.39 is 0 Å². The number of hydrogen-bond donors (Lipinski definition) is 0. The number of amides is 1. The van der Waals surface area contributed by atoms with Crippen molar-refractivity contribution < 1.29 is 9.53 Å². The minimum Gasteiger partial charge on any atom is -0.381 e. The van der Waals surface area contributed by atoms with E-state index in [4.69, 9.17) is 4.74 Å². The van der Waals surface area contributed by atoms with Gasteiger partial charge in [0.15, 0.2) is 0 Å². The van der Waals surface area contributed by atoms with E-state index >= 15 is 0 Å². The van der Waals surface area contributed by atoms with Crippen LogP contribution in [0.5, 0.6) is 0 Å². The van der Waals surface area contributed by atoms with Gasteiger partial charge in [-0.3, -0.25) is 9.78 Å². The van der Waals surface area contributed by atoms with Crippen LogP contribution in [0.3, 0.4) is 0 Å². The Morgan fingerprint density at radius 1 is 1.17 bits per heavy atom. The zero-order valence-electron chi connectivity index (χ0n) is 14.4. The Kier molecular flexibility index (Phi) is 4.16. The van der Waals surface area contributed by atoms with Crippen LogP contribution in [0.4, 0.5) is 5.82 Å². The van der Waals surface area contributed by atoms with Crippen molar-refractivity contribution in [3.05, 3.63) is 18.1 Å². The summed E-state index contributed by atoms with van der Waals surface area (Å²) in [5.74, 6) is 1.30. The van der Waals surface area contributed by atoms with E-state index in [0.717, 1.165) is 76.5 Å². The average Bonchev–Trinajstić information content (AvgIpc) is 3.04. The zero-order valence-corrected chi connectivity index (χ0v) is 14.4. The van der Waals surface area contributed by atoms with Gasteiger partial charge in [-0.15, -0.1) is 0 Å². The maximum Gasteiger partial charge on any atom is 0.230 e. The molecule has 4 rings (SSSR count). The van der Waals surface area contributed by atoms with Crippen LogP contribution in [0.1, 0.15) is 37.8 Å². The Morgan fingerprint density at radius 3 is 2.75 bits per heavy atom. The molecule has 0 aliphatic carbocycles. The van der Waals surface area contributed by atoms with Crippen molar-refractivity contribution in [2.24, 2.45) is 5.41 Å². The van der Waals surface area contributed by atoms with Crippen molar-refractivity contribution in [2.45, 2.75) is 45.1 Å². The van der Waals surface area contributed by atoms with Gasteiger partial charge in [-0.25, -0.2) is 4.98 Å². The fourth-order valence-corrected chi connectivity index (χ4v) is 4.59. The number of piperidine rings is 1. The molecule has 1 spiro atoms. The Morgan fingerprint density at radius 2 is 1.96 bits per heavy atom. The molecule has 1 atom stereocenters. The van der Waals surface area contributed by atoms with Gasteiger partial charge in [-0.1, -0.05) is 0 Å². The van der Waals surface area contributed by atoms with Crippen LogP contribution in [0.15, 0.2) is 12.4 Å². The number of aryl methyl sites for hydroxylation is 1. The molecular formula is C18H26N4O2. The summed E-state index contributed by atoms with van der Waals surface area (Å²) in [4.78, 5) is 26.6. The molecule has 3 aliphatic heterocycles. The van der Waals surface area contributed by atoms with E-state index in [1.54, 1.807) is 12.4 Å². The first-order valence-electron chi connectivity index (χ1n) is 9.11. The lowest BCUT2D eigenvalue weighted by Gasteiger charge is -2.44. The van der Waals surface area contributed by atoms with Crippen molar-refractivity contribution in [3.8, 4) is 0 Å². The SMILES string of the molecule is Cc1nccnc1N1CC[C@@]2(CCCN(C3CCOCC3)C2=O)C1. The summed E-state index contributed by atoms with van der Waals surface area (Å²) in [6.45, 7) is 6.15. The highest BCUT2D eigenvalue weighted by molar-refractivity contribution is 5.85. The van der Waals surface area contributed by atoms with Crippen molar-refractivity contribution in [1.82, 2.24) is 14.9 Å². The topological polar surface area (TPSA) is 58.6 Å². The molecule has 1 aromatic heterocycles. The van der Waals surface area contributed by atoms with Crippen LogP contribution < -0.4 is 4.90 Å². The van der Waals surface area contributed by atoms with Crippen LogP contribution in [0, 0.1) is 12.3 Å². The lowest BCUT2D eigenvalue weighted by molar-refractivity contribution is -0.149. The molecule has 0 radical (unpaired) electrons. The fourth-order valence-electron chi connectivity index (χ4n) is 4.59. The monoisotopic (exact) mass is 330 g/mol. The molecule has 0 aromatic carbocycles. The summed E-state index contributed by atoms with van der Waals surface area (Å²) in [7, 11) is 0. The normalized spacial score (nSPS) is 28.8. The number of anilines is 1. The first-order valence-corrected chi connectivity index (χ1v) is 9.11. The molecule has 1 aromatic rings. The van der Waals surface area contributed by atoms with Crippen LogP contribution in [0.25, 0.3) is 0 Å². The molecule has 24 heavy (non-hydrogen) atoms. The standard InChI is InChI=1S/C18H26N4O2/c1-14-16(20-8-7-19-14)21-10-6-18(13-21)5-2-9-22(17(18)23)15-3-11-24-12-4-15/h7-8,15H,2-6,9-13H2,1H3/t18-/m0/s1. The predicted molar refractivity (Wildman–Crippen MR) is 90.8 cm³/mol. The third kappa shape index (κ3) is 2.66. The second kappa shape index (κ2) is 6.31. The third-order valence-electron chi connectivity index (χ3n) is 5.91. The molecule has 4 heterocycles. The quantitative estimate of drug-likeness (QED) is 0.827. The number of ether oxygens (including phenoxy) is 1. The second-order valence-electron chi connectivity index (χ2n) is 7.36. The number of carbonyl (C=O) groups is 1. The highest BCUT2D eigenvalue weighted by Gasteiger charge is 2.50. The van der Waals surface area contributed by atoms with Gasteiger partial charge in [0.25, 0.3) is 0 Å². The van der Waals surface area contributed by atoms with Gasteiger partial charge >= 0.3 is 0 Å². The molecule has 0 unspecified atom stereocenters. The number of nitrogens with zero attached hydrogens (tertiary/aromatic N) is 4. The zero-order chi connectivity index (χ0) is 16.6. The van der Waals surface area contributed by atoms with Gasteiger partial charge in [0.05, 0.1) is 11.1 Å². The van der Waals surface area contributed by atoms with Gasteiger partial charge in [0, 0.05) is 51.3 Å². The van der Waals surface area contributed by atoms with Crippen molar-refractivity contribution in [2.75, 3.05) is 37.7 Å². The van der Waals surface area contributed by atoms with Gasteiger partial charge in [-0.2, -0.15) is 0 Å². The van der Waals surface area contributed by atoms with E-state index in [-0.39, 0.29) is 5.41 Å². The maximum atomic E-state index is 13.3. The molecule has 130 valence electrons. The number of aromatic nitrogens is 2. The highest BCUT2D eigenvalue weighted by atomic mass is 16.5. The molecule has 0 bridgehead atoms. The van der Waals surface area contributed by atoms with Crippen molar-refractivity contribution in [1.29, 1.82) is 0 Å². The number of carbonyl (C=O) groups excluding carboxylic acids is 1. The highest BCUT2D eigenvalue weighted by Crippen LogP contribution is 2.42. The summed E-state index contributed by atoms with van der Waals surface area (Å²) in [5.41, 5.74) is 0.722. The fraction of sp³-hybridized carbons (Fsp3) is 0.722. The van der Waals surface area contributed by atoms with E-state index in [1.165, 1.54) is 0 Å². The number of hydrogen-bond acceptors (Lipinski definition) is 5. The summed E-state index contributed by atoms with van der Waals surface area (Å²) in [6, 6.07) is 0.371. The average molecular weight is 330 g/mol. The van der Waals surface area contributed by atoms with Gasteiger partial charge in [0.2, 0.25) is 5.91 Å². The summed E-state index contributed by atoms with van der Waals surface area (Å²) >= 11 is 0. The molecule has 3 saturated heterocycles. The summed E-state index contributed by atoms with van der Waals surface area (Å²) in [6.07, 6.45) is 8.47. The Hall–Kier alpha value is -1.69. The molecule has 3 fully saturated rings. The van der Waals surface area contributed by atoms with Gasteiger partial charge < -0.3 is 14.5 Å². The van der Waals surface area contributed by atoms with Crippen LogP contribution >= 0.6 is 0 Å². The summed E-state index contributed by atoms with van der Waals surface area (Å²) in [5, 5.41) is 0. The minimum atomic E-state index is -0.222. The van der Waals surface area contributed by atoms with E-state index in [2.05, 4.69) is 19.8 Å². The smallest absolute Gasteiger partial charge is 0.230 e.